The highest BCUT2D eigenvalue weighted by molar-refractivity contribution is 5.76. The third-order valence-electron chi connectivity index (χ3n) is 6.87. The van der Waals surface area contributed by atoms with Crippen LogP contribution in [0.2, 0.25) is 0 Å². The van der Waals surface area contributed by atoms with Gasteiger partial charge in [0.05, 0.1) is 5.92 Å². The third kappa shape index (κ3) is 5.92. The molecular weight excluding hydrogens is 413 g/mol. The molecule has 3 nitrogen and oxygen atoms in total. The van der Waals surface area contributed by atoms with Crippen LogP contribution in [0.1, 0.15) is 76.8 Å². The van der Waals surface area contributed by atoms with E-state index >= 15 is 0 Å². The van der Waals surface area contributed by atoms with E-state index in [9.17, 15) is 9.18 Å². The van der Waals surface area contributed by atoms with Gasteiger partial charge in [0.2, 0.25) is 0 Å². The van der Waals surface area contributed by atoms with Gasteiger partial charge in [-0.15, -0.1) is 0 Å². The first-order valence-electron chi connectivity index (χ1n) is 12.1. The summed E-state index contributed by atoms with van der Waals surface area (Å²) in [5.41, 5.74) is 2.45. The van der Waals surface area contributed by atoms with Crippen LogP contribution < -0.4 is 5.32 Å². The Hall–Kier alpha value is -2.46. The first kappa shape index (κ1) is 23.7. The molecule has 4 rings (SSSR count). The predicted octanol–water partition coefficient (Wildman–Crippen LogP) is 6.63. The molecule has 33 heavy (non-hydrogen) atoms. The monoisotopic (exact) mass is 449 g/mol. The Bertz CT molecular complexity index is 982. The number of rotatable bonds is 4. The maximum atomic E-state index is 15.0. The molecule has 1 fully saturated rings. The van der Waals surface area contributed by atoms with E-state index in [1.165, 1.54) is 0 Å². The zero-order chi connectivity index (χ0) is 23.6. The number of nitrogens with one attached hydrogen (secondary N) is 1. The molecule has 1 saturated heterocycles. The van der Waals surface area contributed by atoms with E-state index in [0.717, 1.165) is 24.0 Å². The second-order valence-corrected chi connectivity index (χ2v) is 11.0. The molecule has 1 heterocycles. The molecule has 1 aromatic rings. The normalized spacial score (nSPS) is 24.9. The van der Waals surface area contributed by atoms with Gasteiger partial charge >= 0.3 is 5.97 Å². The molecule has 2 aliphatic carbocycles. The van der Waals surface area contributed by atoms with Gasteiger partial charge < -0.3 is 10.1 Å². The van der Waals surface area contributed by atoms with Crippen molar-refractivity contribution in [2.75, 3.05) is 0 Å². The Morgan fingerprint density at radius 2 is 1.70 bits per heavy atom. The van der Waals surface area contributed by atoms with Crippen molar-refractivity contribution in [2.24, 2.45) is 5.92 Å². The van der Waals surface area contributed by atoms with Gasteiger partial charge in [0, 0.05) is 35.4 Å². The van der Waals surface area contributed by atoms with E-state index in [-0.39, 0.29) is 40.8 Å². The predicted molar refractivity (Wildman–Crippen MR) is 132 cm³/mol. The highest BCUT2D eigenvalue weighted by Crippen LogP contribution is 2.35. The molecule has 0 spiro atoms. The van der Waals surface area contributed by atoms with Crippen LogP contribution in [-0.4, -0.2) is 23.2 Å². The number of hydrogen-bond donors (Lipinski definition) is 1. The van der Waals surface area contributed by atoms with Crippen LogP contribution in [0.3, 0.4) is 0 Å². The second kappa shape index (κ2) is 9.42. The molecule has 1 unspecified atom stereocenters. The van der Waals surface area contributed by atoms with Crippen LogP contribution in [0.25, 0.3) is 5.57 Å². The number of carbonyl (C=O) groups excluding carboxylic acids is 1. The molecule has 1 aliphatic heterocycles. The van der Waals surface area contributed by atoms with Gasteiger partial charge in [-0.25, -0.2) is 4.39 Å². The molecule has 4 heteroatoms. The molecule has 1 atom stereocenters. The lowest BCUT2D eigenvalue weighted by atomic mass is 9.80. The highest BCUT2D eigenvalue weighted by atomic mass is 19.1. The van der Waals surface area contributed by atoms with Crippen molar-refractivity contribution in [1.29, 1.82) is 0 Å². The quantitative estimate of drug-likeness (QED) is 0.525. The Labute approximate surface area is 197 Å². The molecule has 3 aliphatic rings. The summed E-state index contributed by atoms with van der Waals surface area (Å²) in [4.78, 5) is 12.9. The number of esters is 1. The molecule has 0 amide bonds. The Morgan fingerprint density at radius 1 is 1.03 bits per heavy atom. The lowest BCUT2D eigenvalue weighted by Gasteiger charge is -2.46. The van der Waals surface area contributed by atoms with E-state index in [4.69, 9.17) is 4.74 Å². The molecule has 176 valence electrons. The summed E-state index contributed by atoms with van der Waals surface area (Å²) in [7, 11) is 0. The fourth-order valence-electron chi connectivity index (χ4n) is 5.65. The minimum Gasteiger partial charge on any atom is -0.462 e. The number of ether oxygens (including phenoxy) is 1. The summed E-state index contributed by atoms with van der Waals surface area (Å²) >= 11 is 0. The van der Waals surface area contributed by atoms with Crippen molar-refractivity contribution in [3.63, 3.8) is 0 Å². The topological polar surface area (TPSA) is 38.3 Å². The summed E-state index contributed by atoms with van der Waals surface area (Å²) in [5.74, 6) is -0.378. The van der Waals surface area contributed by atoms with Crippen LogP contribution in [0, 0.1) is 11.7 Å². The van der Waals surface area contributed by atoms with E-state index in [1.807, 2.05) is 42.5 Å². The number of hydrogen-bond acceptors (Lipinski definition) is 3. The number of piperidine rings is 1. The summed E-state index contributed by atoms with van der Waals surface area (Å²) in [5, 5.41) is 3.62. The lowest BCUT2D eigenvalue weighted by molar-refractivity contribution is -0.158. The molecule has 0 aromatic heterocycles. The van der Waals surface area contributed by atoms with E-state index in [1.54, 1.807) is 6.07 Å². The van der Waals surface area contributed by atoms with Crippen LogP contribution in [0.15, 0.2) is 60.7 Å². The average molecular weight is 450 g/mol. The summed E-state index contributed by atoms with van der Waals surface area (Å²) < 4.78 is 21.0. The van der Waals surface area contributed by atoms with Crippen molar-refractivity contribution in [2.45, 2.75) is 82.9 Å². The number of halogens is 1. The van der Waals surface area contributed by atoms with Crippen molar-refractivity contribution >= 4 is 11.5 Å². The Morgan fingerprint density at radius 3 is 2.27 bits per heavy atom. The van der Waals surface area contributed by atoms with Gasteiger partial charge in [-0.3, -0.25) is 4.79 Å². The molecular formula is C29H36FNO2. The summed E-state index contributed by atoms with van der Waals surface area (Å²) in [6, 6.07) is 5.53. The summed E-state index contributed by atoms with van der Waals surface area (Å²) in [6.07, 6.45) is 17.6. The molecule has 1 aromatic carbocycles. The first-order valence-corrected chi connectivity index (χ1v) is 12.1. The van der Waals surface area contributed by atoms with Crippen molar-refractivity contribution in [1.82, 2.24) is 5.32 Å². The van der Waals surface area contributed by atoms with E-state index < -0.39 is 0 Å². The van der Waals surface area contributed by atoms with Gasteiger partial charge in [-0.2, -0.15) is 0 Å². The summed E-state index contributed by atoms with van der Waals surface area (Å²) in [6.45, 7) is 8.62. The molecule has 1 N–H and O–H groups in total. The fraction of sp³-hybridized carbons (Fsp3) is 0.483. The van der Waals surface area contributed by atoms with Gasteiger partial charge in [0.15, 0.2) is 0 Å². The molecule has 0 bridgehead atoms. The second-order valence-electron chi connectivity index (χ2n) is 11.0. The number of benzene rings is 1. The van der Waals surface area contributed by atoms with Crippen LogP contribution in [0.4, 0.5) is 4.39 Å². The van der Waals surface area contributed by atoms with Crippen molar-refractivity contribution in [3.05, 3.63) is 77.7 Å². The maximum absolute atomic E-state index is 15.0. The minimum atomic E-state index is -0.196. The number of allylic oxidation sites excluding steroid dienone is 8. The third-order valence-corrected chi connectivity index (χ3v) is 6.87. The Kier molecular flexibility index (Phi) is 6.76. The smallest absolute Gasteiger partial charge is 0.309 e. The van der Waals surface area contributed by atoms with Crippen LogP contribution in [-0.2, 0) is 9.53 Å². The minimum absolute atomic E-state index is 0.0606. The van der Waals surface area contributed by atoms with Crippen LogP contribution in [0.5, 0.6) is 0 Å². The van der Waals surface area contributed by atoms with E-state index in [2.05, 4.69) is 45.2 Å². The number of carbonyl (C=O) groups is 1. The van der Waals surface area contributed by atoms with Crippen molar-refractivity contribution < 1.29 is 13.9 Å². The Balaban J connectivity index is 1.39. The van der Waals surface area contributed by atoms with Crippen LogP contribution >= 0.6 is 0 Å². The average Bonchev–Trinajstić information content (AvgIpc) is 3.01. The first-order chi connectivity index (χ1) is 15.6. The molecule has 0 radical (unpaired) electrons. The molecule has 0 saturated carbocycles. The fourth-order valence-corrected chi connectivity index (χ4v) is 5.65. The maximum Gasteiger partial charge on any atom is 0.309 e. The lowest BCUT2D eigenvalue weighted by Crippen LogP contribution is -2.59. The van der Waals surface area contributed by atoms with Gasteiger partial charge in [-0.05, 0) is 64.2 Å². The van der Waals surface area contributed by atoms with Gasteiger partial charge in [0.1, 0.15) is 11.9 Å². The largest absolute Gasteiger partial charge is 0.462 e. The highest BCUT2D eigenvalue weighted by Gasteiger charge is 2.40. The van der Waals surface area contributed by atoms with Gasteiger partial charge in [-0.1, -0.05) is 54.7 Å². The van der Waals surface area contributed by atoms with E-state index in [0.29, 0.717) is 24.8 Å². The van der Waals surface area contributed by atoms with Gasteiger partial charge in [0.25, 0.3) is 0 Å². The van der Waals surface area contributed by atoms with Crippen molar-refractivity contribution in [3.8, 4) is 0 Å². The standard InChI is InChI=1S/C29H36FNO2/c1-28(2)18-24(19-29(3,4)31-28)33-27(32)22-13-11-21(12-14-22)25-16-15-23(17-26(25)30)20-9-7-5-6-8-10-20/h5-11,15-17,20,22,24,31H,12-14,18-19H2,1-4H3. The zero-order valence-corrected chi connectivity index (χ0v) is 20.2. The zero-order valence-electron chi connectivity index (χ0n) is 20.2. The SMILES string of the molecule is CC1(C)CC(OC(=O)C2CC=C(c3ccc(C4C=CC=CC=C4)cc3F)CC2)CC(C)(C)N1.